The molecule has 1 aromatic heterocycles. The van der Waals surface area contributed by atoms with Gasteiger partial charge in [-0.15, -0.1) is 0 Å². The molecule has 3 aromatic rings. The monoisotopic (exact) mass is 343 g/mol. The summed E-state index contributed by atoms with van der Waals surface area (Å²) in [6.45, 7) is 0. The van der Waals surface area contributed by atoms with Crippen molar-refractivity contribution in [2.24, 2.45) is 0 Å². The van der Waals surface area contributed by atoms with Gasteiger partial charge in [-0.2, -0.15) is 0 Å². The van der Waals surface area contributed by atoms with E-state index < -0.39 is 0 Å². The van der Waals surface area contributed by atoms with E-state index in [-0.39, 0.29) is 11.7 Å². The predicted molar refractivity (Wildman–Crippen MR) is 91.2 cm³/mol. The SMILES string of the molecule is COc1ccc(Oc2ccc(Cl)cc2NC(=O)c2ccco2)cc1. The van der Waals surface area contributed by atoms with Crippen LogP contribution in [0.4, 0.5) is 5.69 Å². The Morgan fingerprint density at radius 3 is 2.50 bits per heavy atom. The molecule has 0 fully saturated rings. The van der Waals surface area contributed by atoms with Gasteiger partial charge in [0, 0.05) is 5.02 Å². The van der Waals surface area contributed by atoms with Crippen molar-refractivity contribution in [1.29, 1.82) is 0 Å². The lowest BCUT2D eigenvalue weighted by Gasteiger charge is -2.12. The Morgan fingerprint density at radius 2 is 1.83 bits per heavy atom. The summed E-state index contributed by atoms with van der Waals surface area (Å²) in [7, 11) is 1.59. The molecule has 1 amide bonds. The van der Waals surface area contributed by atoms with Gasteiger partial charge in [0.25, 0.3) is 5.91 Å². The second kappa shape index (κ2) is 7.10. The standard InChI is InChI=1S/C18H14ClNO4/c1-22-13-5-7-14(8-6-13)24-16-9-4-12(19)11-15(16)20-18(21)17-3-2-10-23-17/h2-11H,1H3,(H,20,21). The largest absolute Gasteiger partial charge is 0.497 e. The maximum absolute atomic E-state index is 12.2. The summed E-state index contributed by atoms with van der Waals surface area (Å²) >= 11 is 6.02. The van der Waals surface area contributed by atoms with Crippen LogP contribution in [-0.2, 0) is 0 Å². The second-order valence-corrected chi connectivity index (χ2v) is 5.29. The Balaban J connectivity index is 1.83. The molecule has 6 heteroatoms. The molecule has 1 heterocycles. The minimum absolute atomic E-state index is 0.199. The van der Waals surface area contributed by atoms with E-state index in [1.807, 2.05) is 0 Å². The molecule has 0 saturated heterocycles. The summed E-state index contributed by atoms with van der Waals surface area (Å²) < 4.78 is 16.0. The van der Waals surface area contributed by atoms with Crippen molar-refractivity contribution >= 4 is 23.2 Å². The lowest BCUT2D eigenvalue weighted by atomic mass is 10.2. The molecule has 0 aliphatic rings. The van der Waals surface area contributed by atoms with Crippen molar-refractivity contribution in [2.75, 3.05) is 12.4 Å². The van der Waals surface area contributed by atoms with Gasteiger partial charge in [-0.05, 0) is 54.6 Å². The number of hydrogen-bond donors (Lipinski definition) is 1. The van der Waals surface area contributed by atoms with Crippen molar-refractivity contribution < 1.29 is 18.7 Å². The van der Waals surface area contributed by atoms with Crippen molar-refractivity contribution in [2.45, 2.75) is 0 Å². The van der Waals surface area contributed by atoms with Crippen LogP contribution in [0.2, 0.25) is 5.02 Å². The van der Waals surface area contributed by atoms with Crippen LogP contribution in [0.5, 0.6) is 17.2 Å². The van der Waals surface area contributed by atoms with Gasteiger partial charge in [-0.3, -0.25) is 4.79 Å². The maximum Gasteiger partial charge on any atom is 0.291 e. The van der Waals surface area contributed by atoms with Crippen LogP contribution in [-0.4, -0.2) is 13.0 Å². The molecule has 0 radical (unpaired) electrons. The zero-order valence-electron chi connectivity index (χ0n) is 12.8. The second-order valence-electron chi connectivity index (χ2n) is 4.85. The van der Waals surface area contributed by atoms with Gasteiger partial charge in [0.05, 0.1) is 19.1 Å². The molecular weight excluding hydrogens is 330 g/mol. The fourth-order valence-corrected chi connectivity index (χ4v) is 2.22. The normalized spacial score (nSPS) is 10.2. The Morgan fingerprint density at radius 1 is 1.08 bits per heavy atom. The highest BCUT2D eigenvalue weighted by Gasteiger charge is 2.13. The Labute approximate surface area is 143 Å². The average Bonchev–Trinajstić information content (AvgIpc) is 3.13. The van der Waals surface area contributed by atoms with Crippen LogP contribution in [0, 0.1) is 0 Å². The average molecular weight is 344 g/mol. The minimum Gasteiger partial charge on any atom is -0.497 e. The molecule has 0 aliphatic heterocycles. The first-order valence-electron chi connectivity index (χ1n) is 7.12. The highest BCUT2D eigenvalue weighted by Crippen LogP contribution is 2.33. The lowest BCUT2D eigenvalue weighted by molar-refractivity contribution is 0.0996. The van der Waals surface area contributed by atoms with Crippen LogP contribution in [0.1, 0.15) is 10.6 Å². The zero-order valence-corrected chi connectivity index (χ0v) is 13.5. The van der Waals surface area contributed by atoms with Crippen LogP contribution in [0.25, 0.3) is 0 Å². The van der Waals surface area contributed by atoms with Gasteiger partial charge >= 0.3 is 0 Å². The summed E-state index contributed by atoms with van der Waals surface area (Å²) in [6.07, 6.45) is 1.43. The number of benzene rings is 2. The van der Waals surface area contributed by atoms with Crippen LogP contribution >= 0.6 is 11.6 Å². The highest BCUT2D eigenvalue weighted by molar-refractivity contribution is 6.31. The van der Waals surface area contributed by atoms with Crippen LogP contribution < -0.4 is 14.8 Å². The number of methoxy groups -OCH3 is 1. The number of furan rings is 1. The van der Waals surface area contributed by atoms with Gasteiger partial charge in [-0.25, -0.2) is 0 Å². The smallest absolute Gasteiger partial charge is 0.291 e. The van der Waals surface area contributed by atoms with Gasteiger partial charge in [0.1, 0.15) is 11.5 Å². The Bertz CT molecular complexity index is 829. The molecular formula is C18H14ClNO4. The summed E-state index contributed by atoms with van der Waals surface area (Å²) in [4.78, 5) is 12.2. The molecule has 2 aromatic carbocycles. The van der Waals surface area contributed by atoms with Gasteiger partial charge in [-0.1, -0.05) is 11.6 Å². The molecule has 0 spiro atoms. The van der Waals surface area contributed by atoms with E-state index in [9.17, 15) is 4.79 Å². The number of rotatable bonds is 5. The Hall–Kier alpha value is -2.92. The van der Waals surface area contributed by atoms with E-state index in [0.29, 0.717) is 22.2 Å². The van der Waals surface area contributed by atoms with E-state index in [0.717, 1.165) is 5.75 Å². The quantitative estimate of drug-likeness (QED) is 0.709. The van der Waals surface area contributed by atoms with Crippen LogP contribution in [0.3, 0.4) is 0 Å². The number of carbonyl (C=O) groups is 1. The number of halogens is 1. The third-order valence-corrected chi connectivity index (χ3v) is 3.46. The predicted octanol–water partition coefficient (Wildman–Crippen LogP) is 4.99. The van der Waals surface area contributed by atoms with E-state index in [1.165, 1.54) is 6.26 Å². The van der Waals surface area contributed by atoms with Gasteiger partial charge in [0.15, 0.2) is 11.5 Å². The number of carbonyl (C=O) groups excluding carboxylic acids is 1. The third kappa shape index (κ3) is 3.70. The third-order valence-electron chi connectivity index (χ3n) is 3.22. The van der Waals surface area contributed by atoms with Gasteiger partial charge < -0.3 is 19.2 Å². The molecule has 1 N–H and O–H groups in total. The summed E-state index contributed by atoms with van der Waals surface area (Å²) in [5.41, 5.74) is 0.444. The molecule has 0 bridgehead atoms. The summed E-state index contributed by atoms with van der Waals surface area (Å²) in [5.74, 6) is 1.60. The first-order chi connectivity index (χ1) is 11.7. The van der Waals surface area contributed by atoms with E-state index >= 15 is 0 Å². The topological polar surface area (TPSA) is 60.7 Å². The molecule has 0 aliphatic carbocycles. The molecule has 0 unspecified atom stereocenters. The maximum atomic E-state index is 12.2. The fourth-order valence-electron chi connectivity index (χ4n) is 2.05. The first-order valence-corrected chi connectivity index (χ1v) is 7.50. The number of amides is 1. The lowest BCUT2D eigenvalue weighted by Crippen LogP contribution is -2.11. The molecule has 5 nitrogen and oxygen atoms in total. The summed E-state index contributed by atoms with van der Waals surface area (Å²) in [5, 5.41) is 3.21. The molecule has 122 valence electrons. The minimum atomic E-state index is -0.387. The van der Waals surface area contributed by atoms with E-state index in [2.05, 4.69) is 5.32 Å². The van der Waals surface area contributed by atoms with E-state index in [1.54, 1.807) is 61.7 Å². The van der Waals surface area contributed by atoms with Crippen molar-refractivity contribution in [3.63, 3.8) is 0 Å². The van der Waals surface area contributed by atoms with Crippen molar-refractivity contribution in [1.82, 2.24) is 0 Å². The fraction of sp³-hybridized carbons (Fsp3) is 0.0556. The molecule has 24 heavy (non-hydrogen) atoms. The zero-order chi connectivity index (χ0) is 16.9. The highest BCUT2D eigenvalue weighted by atomic mass is 35.5. The molecule has 0 atom stereocenters. The Kier molecular flexibility index (Phi) is 4.72. The van der Waals surface area contributed by atoms with Crippen molar-refractivity contribution in [3.8, 4) is 17.2 Å². The number of hydrogen-bond acceptors (Lipinski definition) is 4. The summed E-state index contributed by atoms with van der Waals surface area (Å²) in [6, 6.07) is 15.3. The van der Waals surface area contributed by atoms with Crippen LogP contribution in [0.15, 0.2) is 65.3 Å². The van der Waals surface area contributed by atoms with E-state index in [4.69, 9.17) is 25.5 Å². The van der Waals surface area contributed by atoms with Gasteiger partial charge in [0.2, 0.25) is 0 Å². The first kappa shape index (κ1) is 16.0. The number of ether oxygens (including phenoxy) is 2. The number of nitrogens with one attached hydrogen (secondary N) is 1. The number of anilines is 1. The molecule has 3 rings (SSSR count). The van der Waals surface area contributed by atoms with Crippen molar-refractivity contribution in [3.05, 3.63) is 71.6 Å². The molecule has 0 saturated carbocycles.